The fourth-order valence-corrected chi connectivity index (χ4v) is 3.54. The molecule has 0 aliphatic carbocycles. The molecule has 138 valence electrons. The van der Waals surface area contributed by atoms with Gasteiger partial charge in [0, 0.05) is 41.3 Å². The quantitative estimate of drug-likeness (QED) is 0.669. The van der Waals surface area contributed by atoms with Gasteiger partial charge in [0.2, 0.25) is 5.91 Å². The standard InChI is InChI=1S/C22H23N3O2/c1-14(2)15-7-9-16(10-8-15)24-22(27)21(25-12-11-20(25)26)18-13-23-19-6-4-3-5-17(18)19/h3-10,13-14,21,23H,11-12H2,1-2H3,(H,24,27)/t21-/m0/s1. The summed E-state index contributed by atoms with van der Waals surface area (Å²) in [6.07, 6.45) is 2.33. The van der Waals surface area contributed by atoms with Gasteiger partial charge in [-0.25, -0.2) is 0 Å². The molecule has 1 saturated heterocycles. The largest absolute Gasteiger partial charge is 0.361 e. The summed E-state index contributed by atoms with van der Waals surface area (Å²) in [6.45, 7) is 4.87. The Labute approximate surface area is 158 Å². The van der Waals surface area contributed by atoms with E-state index in [1.54, 1.807) is 4.90 Å². The van der Waals surface area contributed by atoms with Crippen molar-refractivity contribution in [2.24, 2.45) is 0 Å². The molecule has 0 saturated carbocycles. The van der Waals surface area contributed by atoms with Gasteiger partial charge in [0.1, 0.15) is 6.04 Å². The van der Waals surface area contributed by atoms with Crippen LogP contribution in [0.1, 0.15) is 43.4 Å². The van der Waals surface area contributed by atoms with Crippen molar-refractivity contribution in [3.05, 3.63) is 65.9 Å². The average Bonchev–Trinajstić information content (AvgIpc) is 3.08. The molecule has 0 radical (unpaired) electrons. The van der Waals surface area contributed by atoms with E-state index in [1.165, 1.54) is 5.56 Å². The van der Waals surface area contributed by atoms with Crippen LogP contribution in [-0.4, -0.2) is 28.2 Å². The van der Waals surface area contributed by atoms with Crippen LogP contribution in [0.4, 0.5) is 5.69 Å². The van der Waals surface area contributed by atoms with Crippen LogP contribution in [0.3, 0.4) is 0 Å². The van der Waals surface area contributed by atoms with Crippen molar-refractivity contribution >= 4 is 28.4 Å². The lowest BCUT2D eigenvalue weighted by Gasteiger charge is -2.37. The third-order valence-corrected chi connectivity index (χ3v) is 5.21. The minimum Gasteiger partial charge on any atom is -0.361 e. The molecule has 27 heavy (non-hydrogen) atoms. The lowest BCUT2D eigenvalue weighted by atomic mass is 9.99. The van der Waals surface area contributed by atoms with Crippen LogP contribution in [-0.2, 0) is 9.59 Å². The molecule has 4 rings (SSSR count). The molecule has 1 aromatic heterocycles. The first-order valence-corrected chi connectivity index (χ1v) is 9.31. The average molecular weight is 361 g/mol. The number of β-lactam (4-membered cyclic amide) rings is 1. The Balaban J connectivity index is 1.64. The Hall–Kier alpha value is -3.08. The van der Waals surface area contributed by atoms with Crippen LogP contribution in [0.2, 0.25) is 0 Å². The number of likely N-dealkylation sites (tertiary alicyclic amines) is 1. The monoisotopic (exact) mass is 361 g/mol. The molecular weight excluding hydrogens is 338 g/mol. The first kappa shape index (κ1) is 17.3. The van der Waals surface area contributed by atoms with Gasteiger partial charge in [0.05, 0.1) is 0 Å². The van der Waals surface area contributed by atoms with E-state index in [-0.39, 0.29) is 11.8 Å². The zero-order valence-corrected chi connectivity index (χ0v) is 15.5. The smallest absolute Gasteiger partial charge is 0.251 e. The first-order valence-electron chi connectivity index (χ1n) is 9.31. The maximum atomic E-state index is 13.1. The number of hydrogen-bond acceptors (Lipinski definition) is 2. The van der Waals surface area contributed by atoms with Crippen molar-refractivity contribution in [1.29, 1.82) is 0 Å². The van der Waals surface area contributed by atoms with Gasteiger partial charge in [-0.3, -0.25) is 9.59 Å². The third kappa shape index (κ3) is 3.21. The van der Waals surface area contributed by atoms with Gasteiger partial charge in [-0.1, -0.05) is 44.2 Å². The normalized spacial score (nSPS) is 15.1. The second kappa shape index (κ2) is 6.91. The van der Waals surface area contributed by atoms with Crippen molar-refractivity contribution < 1.29 is 9.59 Å². The summed E-state index contributed by atoms with van der Waals surface area (Å²) >= 11 is 0. The number of rotatable bonds is 5. The van der Waals surface area contributed by atoms with Gasteiger partial charge in [0.25, 0.3) is 5.91 Å². The van der Waals surface area contributed by atoms with Gasteiger partial charge in [-0.2, -0.15) is 0 Å². The number of carbonyl (C=O) groups excluding carboxylic acids is 2. The summed E-state index contributed by atoms with van der Waals surface area (Å²) in [7, 11) is 0. The Bertz CT molecular complexity index is 988. The molecule has 5 heteroatoms. The third-order valence-electron chi connectivity index (χ3n) is 5.21. The first-order chi connectivity index (χ1) is 13.0. The number of aromatic nitrogens is 1. The highest BCUT2D eigenvalue weighted by Crippen LogP contribution is 2.33. The lowest BCUT2D eigenvalue weighted by molar-refractivity contribution is -0.147. The van der Waals surface area contributed by atoms with Gasteiger partial charge >= 0.3 is 0 Å². The number of amides is 2. The zero-order chi connectivity index (χ0) is 19.0. The Morgan fingerprint density at radius 2 is 1.85 bits per heavy atom. The highest BCUT2D eigenvalue weighted by atomic mass is 16.2. The van der Waals surface area contributed by atoms with Crippen molar-refractivity contribution in [3.8, 4) is 0 Å². The highest BCUT2D eigenvalue weighted by molar-refractivity contribution is 6.01. The number of nitrogens with zero attached hydrogens (tertiary/aromatic N) is 1. The number of nitrogens with one attached hydrogen (secondary N) is 2. The number of carbonyl (C=O) groups is 2. The van der Waals surface area contributed by atoms with E-state index in [9.17, 15) is 9.59 Å². The molecule has 2 heterocycles. The molecule has 2 amide bonds. The van der Waals surface area contributed by atoms with E-state index < -0.39 is 6.04 Å². The minimum atomic E-state index is -0.632. The Morgan fingerprint density at radius 1 is 1.11 bits per heavy atom. The second-order valence-electron chi connectivity index (χ2n) is 7.30. The van der Waals surface area contributed by atoms with Crippen molar-refractivity contribution in [2.75, 3.05) is 11.9 Å². The molecule has 0 unspecified atom stereocenters. The molecule has 2 N–H and O–H groups in total. The number of H-pyrrole nitrogens is 1. The van der Waals surface area contributed by atoms with Crippen LogP contribution in [0, 0.1) is 0 Å². The van der Waals surface area contributed by atoms with Crippen LogP contribution in [0.5, 0.6) is 0 Å². The van der Waals surface area contributed by atoms with E-state index in [1.807, 2.05) is 54.7 Å². The van der Waals surface area contributed by atoms with E-state index in [0.29, 0.717) is 18.9 Å². The molecule has 0 bridgehead atoms. The molecule has 1 fully saturated rings. The number of fused-ring (bicyclic) bond motifs is 1. The molecule has 1 atom stereocenters. The Morgan fingerprint density at radius 3 is 2.48 bits per heavy atom. The van der Waals surface area contributed by atoms with Crippen LogP contribution < -0.4 is 5.32 Å². The lowest BCUT2D eigenvalue weighted by Crippen LogP contribution is -2.49. The van der Waals surface area contributed by atoms with Gasteiger partial charge in [0.15, 0.2) is 0 Å². The summed E-state index contributed by atoms with van der Waals surface area (Å²) in [5, 5.41) is 3.95. The predicted molar refractivity (Wildman–Crippen MR) is 107 cm³/mol. The van der Waals surface area contributed by atoms with Crippen LogP contribution >= 0.6 is 0 Å². The van der Waals surface area contributed by atoms with Crippen molar-refractivity contribution in [3.63, 3.8) is 0 Å². The summed E-state index contributed by atoms with van der Waals surface area (Å²) < 4.78 is 0. The molecule has 1 aliphatic heterocycles. The number of anilines is 1. The van der Waals surface area contributed by atoms with Crippen LogP contribution in [0.25, 0.3) is 10.9 Å². The fraction of sp³-hybridized carbons (Fsp3) is 0.273. The zero-order valence-electron chi connectivity index (χ0n) is 15.5. The van der Waals surface area contributed by atoms with Gasteiger partial charge < -0.3 is 15.2 Å². The fourth-order valence-electron chi connectivity index (χ4n) is 3.54. The van der Waals surface area contributed by atoms with E-state index in [2.05, 4.69) is 24.1 Å². The van der Waals surface area contributed by atoms with Crippen molar-refractivity contribution in [1.82, 2.24) is 9.88 Å². The number of hydrogen-bond donors (Lipinski definition) is 2. The number of aromatic amines is 1. The number of benzene rings is 2. The van der Waals surface area contributed by atoms with E-state index >= 15 is 0 Å². The summed E-state index contributed by atoms with van der Waals surface area (Å²) in [5.74, 6) is 0.258. The molecule has 5 nitrogen and oxygen atoms in total. The topological polar surface area (TPSA) is 65.2 Å². The van der Waals surface area contributed by atoms with Gasteiger partial charge in [-0.15, -0.1) is 0 Å². The molecular formula is C22H23N3O2. The predicted octanol–water partition coefficient (Wildman–Crippen LogP) is 4.20. The summed E-state index contributed by atoms with van der Waals surface area (Å²) in [4.78, 5) is 30.1. The molecule has 0 spiro atoms. The second-order valence-corrected chi connectivity index (χ2v) is 7.30. The molecule has 1 aliphatic rings. The highest BCUT2D eigenvalue weighted by Gasteiger charge is 2.37. The number of para-hydroxylation sites is 1. The van der Waals surface area contributed by atoms with Crippen molar-refractivity contribution in [2.45, 2.75) is 32.2 Å². The summed E-state index contributed by atoms with van der Waals surface area (Å²) in [6, 6.07) is 15.1. The van der Waals surface area contributed by atoms with Gasteiger partial charge in [-0.05, 0) is 29.7 Å². The molecule has 2 aromatic carbocycles. The van der Waals surface area contributed by atoms with E-state index in [0.717, 1.165) is 22.2 Å². The molecule has 3 aromatic rings. The SMILES string of the molecule is CC(C)c1ccc(NC(=O)[C@H](c2c[nH]c3ccccc23)N2CCC2=O)cc1. The summed E-state index contributed by atoms with van der Waals surface area (Å²) in [5.41, 5.74) is 3.75. The maximum Gasteiger partial charge on any atom is 0.251 e. The Kier molecular flexibility index (Phi) is 4.44. The minimum absolute atomic E-state index is 0.00980. The van der Waals surface area contributed by atoms with E-state index in [4.69, 9.17) is 0 Å². The maximum absolute atomic E-state index is 13.1. The van der Waals surface area contributed by atoms with Crippen LogP contribution in [0.15, 0.2) is 54.7 Å².